The van der Waals surface area contributed by atoms with Crippen molar-refractivity contribution in [1.82, 2.24) is 10.2 Å². The monoisotopic (exact) mass is 263 g/mol. The lowest BCUT2D eigenvalue weighted by molar-refractivity contribution is 0.197. The van der Waals surface area contributed by atoms with Crippen LogP contribution in [0.4, 0.5) is 5.13 Å². The minimum absolute atomic E-state index is 0.0837. The molecule has 18 heavy (non-hydrogen) atoms. The van der Waals surface area contributed by atoms with E-state index in [9.17, 15) is 0 Å². The zero-order valence-corrected chi connectivity index (χ0v) is 11.6. The first-order valence-electron chi connectivity index (χ1n) is 5.93. The number of nitrogens with two attached hydrogens (primary N) is 1. The van der Waals surface area contributed by atoms with Gasteiger partial charge in [-0.15, -0.1) is 10.2 Å². The van der Waals surface area contributed by atoms with Crippen LogP contribution in [0.15, 0.2) is 18.2 Å². The molecule has 0 bridgehead atoms. The molecule has 1 atom stereocenters. The van der Waals surface area contributed by atoms with Gasteiger partial charge in [-0.2, -0.15) is 0 Å². The Morgan fingerprint density at radius 2 is 1.94 bits per heavy atom. The van der Waals surface area contributed by atoms with Crippen molar-refractivity contribution in [2.24, 2.45) is 0 Å². The molecule has 0 saturated heterocycles. The molecule has 0 spiro atoms. The zero-order chi connectivity index (χ0) is 13.1. The van der Waals surface area contributed by atoms with E-state index in [1.54, 1.807) is 0 Å². The molecule has 1 unspecified atom stereocenters. The molecule has 0 aliphatic carbocycles. The van der Waals surface area contributed by atoms with Gasteiger partial charge in [0.25, 0.3) is 0 Å². The van der Waals surface area contributed by atoms with Gasteiger partial charge in [0.15, 0.2) is 11.1 Å². The fourth-order valence-corrected chi connectivity index (χ4v) is 2.54. The molecule has 2 N–H and O–H groups in total. The molecule has 0 radical (unpaired) electrons. The normalized spacial score (nSPS) is 12.4. The van der Waals surface area contributed by atoms with Crippen LogP contribution in [-0.4, -0.2) is 10.2 Å². The smallest absolute Gasteiger partial charge is 0.203 e. The van der Waals surface area contributed by atoms with E-state index < -0.39 is 0 Å². The molecule has 0 aliphatic heterocycles. The number of anilines is 1. The van der Waals surface area contributed by atoms with E-state index in [1.807, 2.05) is 32.0 Å². The lowest BCUT2D eigenvalue weighted by Crippen LogP contribution is -2.08. The molecule has 2 aromatic rings. The number of hydrogen-bond donors (Lipinski definition) is 1. The van der Waals surface area contributed by atoms with Crippen LogP contribution >= 0.6 is 11.3 Å². The molecule has 96 valence electrons. The van der Waals surface area contributed by atoms with Crippen molar-refractivity contribution >= 4 is 16.5 Å². The van der Waals surface area contributed by atoms with Gasteiger partial charge in [0.2, 0.25) is 5.13 Å². The lowest BCUT2D eigenvalue weighted by Gasteiger charge is -2.18. The predicted octanol–water partition coefficient (Wildman–Crippen LogP) is 3.27. The van der Waals surface area contributed by atoms with E-state index in [0.29, 0.717) is 5.13 Å². The van der Waals surface area contributed by atoms with Gasteiger partial charge in [-0.3, -0.25) is 0 Å². The minimum Gasteiger partial charge on any atom is -0.483 e. The van der Waals surface area contributed by atoms with Crippen LogP contribution in [0, 0.1) is 13.8 Å². The average Bonchev–Trinajstić information content (AvgIpc) is 2.76. The third-order valence-electron chi connectivity index (χ3n) is 2.77. The molecule has 4 nitrogen and oxygen atoms in total. The van der Waals surface area contributed by atoms with Gasteiger partial charge in [0.1, 0.15) is 5.75 Å². The predicted molar refractivity (Wildman–Crippen MR) is 73.9 cm³/mol. The van der Waals surface area contributed by atoms with Crippen molar-refractivity contribution in [3.8, 4) is 5.75 Å². The van der Waals surface area contributed by atoms with Gasteiger partial charge in [0.05, 0.1) is 0 Å². The number of nitrogens with zero attached hydrogens (tertiary/aromatic N) is 2. The maximum atomic E-state index is 6.08. The van der Waals surface area contributed by atoms with Crippen LogP contribution in [0.3, 0.4) is 0 Å². The van der Waals surface area contributed by atoms with Gasteiger partial charge in [-0.1, -0.05) is 36.5 Å². The Hall–Kier alpha value is -1.62. The Bertz CT molecular complexity index is 519. The quantitative estimate of drug-likeness (QED) is 0.919. The van der Waals surface area contributed by atoms with Crippen molar-refractivity contribution in [3.63, 3.8) is 0 Å². The highest BCUT2D eigenvalue weighted by molar-refractivity contribution is 7.15. The van der Waals surface area contributed by atoms with Crippen LogP contribution in [0.25, 0.3) is 0 Å². The highest BCUT2D eigenvalue weighted by Crippen LogP contribution is 2.31. The number of aryl methyl sites for hydroxylation is 2. The summed E-state index contributed by atoms with van der Waals surface area (Å²) in [5.74, 6) is 0.929. The Kier molecular flexibility index (Phi) is 3.81. The zero-order valence-electron chi connectivity index (χ0n) is 10.8. The highest BCUT2D eigenvalue weighted by Gasteiger charge is 2.18. The summed E-state index contributed by atoms with van der Waals surface area (Å²) >= 11 is 1.38. The third-order valence-corrected chi connectivity index (χ3v) is 3.62. The van der Waals surface area contributed by atoms with Gasteiger partial charge in [0, 0.05) is 0 Å². The molecule has 2 rings (SSSR count). The maximum Gasteiger partial charge on any atom is 0.203 e. The fourth-order valence-electron chi connectivity index (χ4n) is 1.81. The van der Waals surface area contributed by atoms with Gasteiger partial charge < -0.3 is 10.5 Å². The summed E-state index contributed by atoms with van der Waals surface area (Å²) in [5.41, 5.74) is 7.87. The third kappa shape index (κ3) is 2.61. The molecule has 0 saturated carbocycles. The van der Waals surface area contributed by atoms with E-state index in [4.69, 9.17) is 10.5 Å². The van der Waals surface area contributed by atoms with Gasteiger partial charge in [-0.25, -0.2) is 0 Å². The molecule has 0 aliphatic rings. The maximum absolute atomic E-state index is 6.08. The Morgan fingerprint density at radius 3 is 2.44 bits per heavy atom. The van der Waals surface area contributed by atoms with E-state index in [0.717, 1.165) is 28.3 Å². The summed E-state index contributed by atoms with van der Waals surface area (Å²) in [6, 6.07) is 6.12. The van der Waals surface area contributed by atoms with Crippen molar-refractivity contribution in [1.29, 1.82) is 0 Å². The van der Waals surface area contributed by atoms with Crippen LogP contribution in [-0.2, 0) is 0 Å². The summed E-state index contributed by atoms with van der Waals surface area (Å²) in [6.45, 7) is 6.16. The summed E-state index contributed by atoms with van der Waals surface area (Å²) in [6.07, 6.45) is 0.752. The molecule has 0 amide bonds. The molecule has 1 aromatic carbocycles. The van der Waals surface area contributed by atoms with E-state index in [2.05, 4.69) is 17.1 Å². The first-order valence-corrected chi connectivity index (χ1v) is 6.75. The van der Waals surface area contributed by atoms with E-state index in [1.165, 1.54) is 11.3 Å². The number of ether oxygens (including phenoxy) is 1. The Labute approximate surface area is 111 Å². The number of nitrogen functional groups attached to an aromatic ring is 1. The Morgan fingerprint density at radius 1 is 1.28 bits per heavy atom. The number of para-hydroxylation sites is 1. The van der Waals surface area contributed by atoms with Crippen molar-refractivity contribution in [3.05, 3.63) is 34.3 Å². The van der Waals surface area contributed by atoms with E-state index in [-0.39, 0.29) is 6.10 Å². The van der Waals surface area contributed by atoms with Crippen molar-refractivity contribution in [2.75, 3.05) is 5.73 Å². The number of aromatic nitrogens is 2. The summed E-state index contributed by atoms with van der Waals surface area (Å²) in [5, 5.41) is 9.21. The molecular formula is C13H17N3OS. The second kappa shape index (κ2) is 5.35. The summed E-state index contributed by atoms with van der Waals surface area (Å²) < 4.78 is 6.08. The molecular weight excluding hydrogens is 246 g/mol. The summed E-state index contributed by atoms with van der Waals surface area (Å²) in [4.78, 5) is 0. The second-order valence-electron chi connectivity index (χ2n) is 4.21. The van der Waals surface area contributed by atoms with Crippen LogP contribution < -0.4 is 10.5 Å². The van der Waals surface area contributed by atoms with Crippen molar-refractivity contribution < 1.29 is 4.74 Å². The average molecular weight is 263 g/mol. The molecule has 5 heteroatoms. The minimum atomic E-state index is -0.0837. The number of rotatable bonds is 4. The largest absolute Gasteiger partial charge is 0.483 e. The van der Waals surface area contributed by atoms with Crippen LogP contribution in [0.1, 0.15) is 35.6 Å². The number of hydrogen-bond acceptors (Lipinski definition) is 5. The van der Waals surface area contributed by atoms with E-state index >= 15 is 0 Å². The standard InChI is InChI=1S/C13H17N3OS/c1-4-10(12-15-16-13(14)18-12)17-11-8(2)6-5-7-9(11)3/h5-7,10H,4H2,1-3H3,(H2,14,16). The first-order chi connectivity index (χ1) is 8.61. The molecule has 0 fully saturated rings. The lowest BCUT2D eigenvalue weighted by atomic mass is 10.1. The van der Waals surface area contributed by atoms with Crippen LogP contribution in [0.2, 0.25) is 0 Å². The molecule has 1 heterocycles. The topological polar surface area (TPSA) is 61.0 Å². The van der Waals surface area contributed by atoms with Gasteiger partial charge >= 0.3 is 0 Å². The Balaban J connectivity index is 2.26. The fraction of sp³-hybridized carbons (Fsp3) is 0.385. The van der Waals surface area contributed by atoms with Crippen LogP contribution in [0.5, 0.6) is 5.75 Å². The second-order valence-corrected chi connectivity index (χ2v) is 5.25. The van der Waals surface area contributed by atoms with Gasteiger partial charge in [-0.05, 0) is 31.4 Å². The highest BCUT2D eigenvalue weighted by atomic mass is 32.1. The van der Waals surface area contributed by atoms with Crippen molar-refractivity contribution in [2.45, 2.75) is 33.3 Å². The first kappa shape index (κ1) is 12.8. The molecule has 1 aromatic heterocycles. The SMILES string of the molecule is CCC(Oc1c(C)cccc1C)c1nnc(N)s1. The summed E-state index contributed by atoms with van der Waals surface area (Å²) in [7, 11) is 0. The number of benzene rings is 1.